The largest absolute Gasteiger partial charge is 0.493 e. The van der Waals surface area contributed by atoms with Gasteiger partial charge in [-0.05, 0) is 25.0 Å². The highest BCUT2D eigenvalue weighted by Gasteiger charge is 2.15. The summed E-state index contributed by atoms with van der Waals surface area (Å²) in [6, 6.07) is 3.94. The number of nitrogens with two attached hydrogens (primary N) is 1. The van der Waals surface area contributed by atoms with Gasteiger partial charge in [-0.2, -0.15) is 0 Å². The third-order valence-corrected chi connectivity index (χ3v) is 2.57. The van der Waals surface area contributed by atoms with Crippen LogP contribution in [0.3, 0.4) is 0 Å². The van der Waals surface area contributed by atoms with E-state index in [-0.39, 0.29) is 6.04 Å². The first-order valence-corrected chi connectivity index (χ1v) is 5.61. The summed E-state index contributed by atoms with van der Waals surface area (Å²) in [5, 5.41) is 0. The van der Waals surface area contributed by atoms with E-state index in [0.29, 0.717) is 6.61 Å². The number of methoxy groups -OCH3 is 3. The molecule has 0 aliphatic rings. The number of hydrogen-bond acceptors (Lipinski definition) is 4. The molecule has 0 amide bonds. The van der Waals surface area contributed by atoms with Crippen molar-refractivity contribution in [2.24, 2.45) is 5.73 Å². The summed E-state index contributed by atoms with van der Waals surface area (Å²) < 4.78 is 15.9. The van der Waals surface area contributed by atoms with Crippen LogP contribution in [0.2, 0.25) is 0 Å². The fraction of sp³-hybridized carbons (Fsp3) is 0.538. The van der Waals surface area contributed by atoms with Gasteiger partial charge in [0.25, 0.3) is 0 Å². The van der Waals surface area contributed by atoms with Crippen molar-refractivity contribution in [2.45, 2.75) is 26.0 Å². The predicted octanol–water partition coefficient (Wildman–Crippen LogP) is 1.74. The Kier molecular flexibility index (Phi) is 5.25. The highest BCUT2D eigenvalue weighted by atomic mass is 16.5. The molecule has 0 aliphatic carbocycles. The van der Waals surface area contributed by atoms with Crippen LogP contribution in [0.5, 0.6) is 11.5 Å². The smallest absolute Gasteiger partial charge is 0.164 e. The van der Waals surface area contributed by atoms with E-state index in [1.165, 1.54) is 0 Å². The first kappa shape index (κ1) is 13.8. The van der Waals surface area contributed by atoms with Gasteiger partial charge in [-0.3, -0.25) is 0 Å². The Balaban J connectivity index is 3.22. The molecule has 96 valence electrons. The van der Waals surface area contributed by atoms with Crippen molar-refractivity contribution >= 4 is 0 Å². The molecule has 0 saturated carbocycles. The van der Waals surface area contributed by atoms with Crippen molar-refractivity contribution in [3.63, 3.8) is 0 Å². The second-order valence-corrected chi connectivity index (χ2v) is 4.05. The fourth-order valence-electron chi connectivity index (χ4n) is 1.87. The first-order valence-electron chi connectivity index (χ1n) is 5.61. The van der Waals surface area contributed by atoms with Crippen molar-refractivity contribution in [1.82, 2.24) is 0 Å². The van der Waals surface area contributed by atoms with Crippen molar-refractivity contribution < 1.29 is 14.2 Å². The van der Waals surface area contributed by atoms with E-state index in [1.54, 1.807) is 21.3 Å². The molecular formula is C13H21NO3. The molecule has 0 aromatic heterocycles. The molecule has 0 fully saturated rings. The van der Waals surface area contributed by atoms with Crippen LogP contribution in [-0.2, 0) is 17.8 Å². The standard InChI is InChI=1S/C13H21NO3/c1-9(14)7-11-10(8-15-2)5-6-12(16-3)13(11)17-4/h5-6,9H,7-8,14H2,1-4H3. The molecule has 0 heterocycles. The molecule has 0 bridgehead atoms. The maximum atomic E-state index is 5.87. The molecule has 17 heavy (non-hydrogen) atoms. The average molecular weight is 239 g/mol. The molecule has 0 aliphatic heterocycles. The van der Waals surface area contributed by atoms with Gasteiger partial charge in [0.1, 0.15) is 0 Å². The summed E-state index contributed by atoms with van der Waals surface area (Å²) in [5.74, 6) is 1.47. The van der Waals surface area contributed by atoms with Gasteiger partial charge in [0.05, 0.1) is 20.8 Å². The Labute approximate surface area is 103 Å². The predicted molar refractivity (Wildman–Crippen MR) is 67.6 cm³/mol. The molecular weight excluding hydrogens is 218 g/mol. The zero-order valence-electron chi connectivity index (χ0n) is 10.9. The lowest BCUT2D eigenvalue weighted by atomic mass is 10.00. The molecule has 1 atom stereocenters. The lowest BCUT2D eigenvalue weighted by Gasteiger charge is -2.18. The quantitative estimate of drug-likeness (QED) is 0.821. The SMILES string of the molecule is COCc1ccc(OC)c(OC)c1CC(C)N. The van der Waals surface area contributed by atoms with Gasteiger partial charge in [0, 0.05) is 18.7 Å². The summed E-state index contributed by atoms with van der Waals surface area (Å²) in [6.07, 6.45) is 0.735. The Morgan fingerprint density at radius 2 is 1.88 bits per heavy atom. The van der Waals surface area contributed by atoms with Gasteiger partial charge >= 0.3 is 0 Å². The van der Waals surface area contributed by atoms with Crippen molar-refractivity contribution in [2.75, 3.05) is 21.3 Å². The number of rotatable bonds is 6. The number of ether oxygens (including phenoxy) is 3. The van der Waals surface area contributed by atoms with Gasteiger partial charge < -0.3 is 19.9 Å². The van der Waals surface area contributed by atoms with E-state index in [1.807, 2.05) is 19.1 Å². The van der Waals surface area contributed by atoms with Crippen LogP contribution in [-0.4, -0.2) is 27.4 Å². The van der Waals surface area contributed by atoms with E-state index in [4.69, 9.17) is 19.9 Å². The molecule has 4 nitrogen and oxygen atoms in total. The molecule has 2 N–H and O–H groups in total. The molecule has 4 heteroatoms. The number of hydrogen-bond donors (Lipinski definition) is 1. The van der Waals surface area contributed by atoms with Gasteiger partial charge in [-0.25, -0.2) is 0 Å². The van der Waals surface area contributed by atoms with Gasteiger partial charge in [0.2, 0.25) is 0 Å². The zero-order chi connectivity index (χ0) is 12.8. The van der Waals surface area contributed by atoms with Crippen molar-refractivity contribution in [3.8, 4) is 11.5 Å². The second-order valence-electron chi connectivity index (χ2n) is 4.05. The van der Waals surface area contributed by atoms with Crippen LogP contribution in [0.25, 0.3) is 0 Å². The minimum atomic E-state index is 0.0617. The summed E-state index contributed by atoms with van der Waals surface area (Å²) in [5.41, 5.74) is 8.01. The highest BCUT2D eigenvalue weighted by molar-refractivity contribution is 5.51. The summed E-state index contributed by atoms with van der Waals surface area (Å²) in [6.45, 7) is 2.51. The molecule has 1 rings (SSSR count). The van der Waals surface area contributed by atoms with Crippen LogP contribution in [0.15, 0.2) is 12.1 Å². The van der Waals surface area contributed by atoms with E-state index in [2.05, 4.69) is 0 Å². The Bertz CT molecular complexity index is 364. The van der Waals surface area contributed by atoms with E-state index < -0.39 is 0 Å². The Morgan fingerprint density at radius 1 is 1.18 bits per heavy atom. The van der Waals surface area contributed by atoms with E-state index >= 15 is 0 Å². The molecule has 0 radical (unpaired) electrons. The topological polar surface area (TPSA) is 53.7 Å². The van der Waals surface area contributed by atoms with Gasteiger partial charge in [-0.15, -0.1) is 0 Å². The zero-order valence-corrected chi connectivity index (χ0v) is 10.9. The molecule has 1 aromatic rings. The van der Waals surface area contributed by atoms with E-state index in [0.717, 1.165) is 29.0 Å². The van der Waals surface area contributed by atoms with Gasteiger partial charge in [0.15, 0.2) is 11.5 Å². The third-order valence-electron chi connectivity index (χ3n) is 2.57. The van der Waals surface area contributed by atoms with Crippen LogP contribution in [0.1, 0.15) is 18.1 Å². The molecule has 1 unspecified atom stereocenters. The maximum absolute atomic E-state index is 5.87. The lowest BCUT2D eigenvalue weighted by molar-refractivity contribution is 0.183. The average Bonchev–Trinajstić information content (AvgIpc) is 2.30. The fourth-order valence-corrected chi connectivity index (χ4v) is 1.87. The Morgan fingerprint density at radius 3 is 2.35 bits per heavy atom. The molecule has 0 saturated heterocycles. The third kappa shape index (κ3) is 3.35. The summed E-state index contributed by atoms with van der Waals surface area (Å²) in [7, 11) is 4.94. The van der Waals surface area contributed by atoms with Crippen LogP contribution in [0, 0.1) is 0 Å². The van der Waals surface area contributed by atoms with Crippen LogP contribution >= 0.6 is 0 Å². The molecule has 1 aromatic carbocycles. The lowest BCUT2D eigenvalue weighted by Crippen LogP contribution is -2.19. The monoisotopic (exact) mass is 239 g/mol. The minimum Gasteiger partial charge on any atom is -0.493 e. The van der Waals surface area contributed by atoms with Crippen molar-refractivity contribution in [3.05, 3.63) is 23.3 Å². The van der Waals surface area contributed by atoms with Crippen LogP contribution in [0.4, 0.5) is 0 Å². The highest BCUT2D eigenvalue weighted by Crippen LogP contribution is 2.34. The van der Waals surface area contributed by atoms with E-state index in [9.17, 15) is 0 Å². The normalized spacial score (nSPS) is 12.3. The van der Waals surface area contributed by atoms with Crippen LogP contribution < -0.4 is 15.2 Å². The first-order chi connectivity index (χ1) is 8.13. The minimum absolute atomic E-state index is 0.0617. The number of benzene rings is 1. The second kappa shape index (κ2) is 6.47. The van der Waals surface area contributed by atoms with Crippen molar-refractivity contribution in [1.29, 1.82) is 0 Å². The summed E-state index contributed by atoms with van der Waals surface area (Å²) >= 11 is 0. The maximum Gasteiger partial charge on any atom is 0.164 e. The Hall–Kier alpha value is -1.26. The van der Waals surface area contributed by atoms with Gasteiger partial charge in [-0.1, -0.05) is 6.07 Å². The molecule has 0 spiro atoms. The summed E-state index contributed by atoms with van der Waals surface area (Å²) in [4.78, 5) is 0.